The van der Waals surface area contributed by atoms with Gasteiger partial charge in [-0.15, -0.1) is 5.10 Å². The highest BCUT2D eigenvalue weighted by Crippen LogP contribution is 2.47. The van der Waals surface area contributed by atoms with Gasteiger partial charge >= 0.3 is 5.97 Å². The molecule has 10 nitrogen and oxygen atoms in total. The van der Waals surface area contributed by atoms with Gasteiger partial charge in [-0.05, 0) is 38.8 Å². The van der Waals surface area contributed by atoms with E-state index in [-0.39, 0.29) is 17.9 Å². The van der Waals surface area contributed by atoms with Crippen molar-refractivity contribution in [3.05, 3.63) is 35.8 Å². The van der Waals surface area contributed by atoms with Gasteiger partial charge in [0, 0.05) is 12.0 Å². The Balaban J connectivity index is 1.58. The second-order valence-corrected chi connectivity index (χ2v) is 9.52. The minimum atomic E-state index is -1.59. The molecule has 1 aromatic heterocycles. The lowest BCUT2D eigenvalue weighted by atomic mass is 9.85. The third-order valence-corrected chi connectivity index (χ3v) is 6.56. The lowest BCUT2D eigenvalue weighted by molar-refractivity contribution is -0.416. The van der Waals surface area contributed by atoms with Crippen molar-refractivity contribution in [3.8, 4) is 11.3 Å². The zero-order valence-corrected chi connectivity index (χ0v) is 19.7. The summed E-state index contributed by atoms with van der Waals surface area (Å²) in [7, 11) is 0. The molecule has 1 aromatic carbocycles. The third kappa shape index (κ3) is 4.61. The van der Waals surface area contributed by atoms with E-state index in [9.17, 15) is 23.1 Å². The number of fused-ring (bicyclic) bond motifs is 1. The Hall–Kier alpha value is -2.58. The summed E-state index contributed by atoms with van der Waals surface area (Å²) in [4.78, 5) is 11.4. The van der Waals surface area contributed by atoms with Crippen LogP contribution in [0.2, 0.25) is 0 Å². The number of halogens is 3. The largest absolute Gasteiger partial charge is 0.480 e. The Morgan fingerprint density at radius 2 is 1.94 bits per heavy atom. The van der Waals surface area contributed by atoms with Crippen molar-refractivity contribution in [3.63, 3.8) is 0 Å². The number of carbonyl (C=O) groups is 1. The molecular formula is C23H26F3N3O7. The van der Waals surface area contributed by atoms with Gasteiger partial charge in [-0.2, -0.15) is 0 Å². The van der Waals surface area contributed by atoms with Gasteiger partial charge in [0.2, 0.25) is 0 Å². The molecule has 0 bridgehead atoms. The fraction of sp³-hybridized carbons (Fsp3) is 0.609. The summed E-state index contributed by atoms with van der Waals surface area (Å²) in [6.07, 6.45) is 1.07. The van der Waals surface area contributed by atoms with Crippen molar-refractivity contribution in [2.45, 2.75) is 69.0 Å². The molecule has 0 aliphatic carbocycles. The molecule has 3 aliphatic rings. The van der Waals surface area contributed by atoms with Crippen LogP contribution in [0.1, 0.15) is 39.2 Å². The molecule has 3 fully saturated rings. The predicted octanol–water partition coefficient (Wildman–Crippen LogP) is 2.82. The number of hydrogen-bond acceptors (Lipinski definition) is 8. The third-order valence-electron chi connectivity index (χ3n) is 6.56. The van der Waals surface area contributed by atoms with Gasteiger partial charge in [0.25, 0.3) is 0 Å². The van der Waals surface area contributed by atoms with Gasteiger partial charge < -0.3 is 28.8 Å². The molecule has 1 unspecified atom stereocenters. The summed E-state index contributed by atoms with van der Waals surface area (Å²) in [5.74, 6) is -7.80. The minimum absolute atomic E-state index is 0.0267. The molecule has 13 heteroatoms. The highest BCUT2D eigenvalue weighted by Gasteiger charge is 2.61. The molecule has 5 atom stereocenters. The molecule has 5 rings (SSSR count). The summed E-state index contributed by atoms with van der Waals surface area (Å²) >= 11 is 0. The van der Waals surface area contributed by atoms with E-state index in [0.29, 0.717) is 13.0 Å². The van der Waals surface area contributed by atoms with Crippen molar-refractivity contribution >= 4 is 5.97 Å². The Morgan fingerprint density at radius 3 is 2.61 bits per heavy atom. The van der Waals surface area contributed by atoms with E-state index in [4.69, 9.17) is 23.7 Å². The average Bonchev–Trinajstić information content (AvgIpc) is 3.31. The van der Waals surface area contributed by atoms with Crippen LogP contribution in [0, 0.1) is 17.5 Å². The van der Waals surface area contributed by atoms with Crippen molar-refractivity contribution in [1.29, 1.82) is 0 Å². The molecule has 0 saturated carbocycles. The summed E-state index contributed by atoms with van der Waals surface area (Å²) in [6, 6.07) is 0.830. The highest BCUT2D eigenvalue weighted by molar-refractivity contribution is 5.68. The van der Waals surface area contributed by atoms with Crippen LogP contribution in [0.4, 0.5) is 13.2 Å². The smallest absolute Gasteiger partial charge is 0.329 e. The molecule has 3 aliphatic heterocycles. The first-order chi connectivity index (χ1) is 17.1. The van der Waals surface area contributed by atoms with Gasteiger partial charge in [0.15, 0.2) is 29.0 Å². The molecule has 1 spiro atoms. The summed E-state index contributed by atoms with van der Waals surface area (Å²) in [5, 5.41) is 17.5. The van der Waals surface area contributed by atoms with Gasteiger partial charge in [-0.1, -0.05) is 5.21 Å². The predicted molar refractivity (Wildman–Crippen MR) is 114 cm³/mol. The number of benzene rings is 1. The van der Waals surface area contributed by atoms with Crippen LogP contribution >= 0.6 is 0 Å². The lowest BCUT2D eigenvalue weighted by Gasteiger charge is -2.56. The van der Waals surface area contributed by atoms with Crippen LogP contribution < -0.4 is 0 Å². The van der Waals surface area contributed by atoms with E-state index in [1.807, 2.05) is 0 Å². The zero-order valence-electron chi connectivity index (χ0n) is 19.7. The molecule has 3 saturated heterocycles. The van der Waals surface area contributed by atoms with Gasteiger partial charge in [0.1, 0.15) is 36.7 Å². The standard InChI is InChI=1S/C23H26F3N3O7/c1-22(2)34-10-16-20(36-22)19(21(32-11-17(30)31)23(35-16)5-3-4-6-33-23)29-9-15(27-28-29)12-7-13(24)18(26)14(25)8-12/h7-9,16,19-21H,3-6,10-11H2,1-2H3,(H,30,31)/t16-,19+,20+,21?,23+/m1/s1. The summed E-state index contributed by atoms with van der Waals surface area (Å²) in [6.45, 7) is 3.36. The van der Waals surface area contributed by atoms with Crippen LogP contribution in [0.25, 0.3) is 11.3 Å². The second kappa shape index (κ2) is 9.38. The number of aliphatic carboxylic acids is 1. The molecule has 0 radical (unpaired) electrons. The SMILES string of the molecule is CC1(C)OC[C@H]2O[C@@]3(CCCCO3)C(OCC(=O)O)[C@@H](n3cc(-c4cc(F)c(F)c(F)c4)nn3)[C@H]2O1. The number of carboxylic acids is 1. The topological polar surface area (TPSA) is 114 Å². The van der Waals surface area contributed by atoms with E-state index in [2.05, 4.69) is 10.3 Å². The van der Waals surface area contributed by atoms with E-state index < -0.39 is 66.0 Å². The quantitative estimate of drug-likeness (QED) is 0.603. The van der Waals surface area contributed by atoms with E-state index in [1.165, 1.54) is 10.9 Å². The lowest BCUT2D eigenvalue weighted by Crippen LogP contribution is -2.68. The second-order valence-electron chi connectivity index (χ2n) is 9.52. The van der Waals surface area contributed by atoms with Gasteiger partial charge in [-0.3, -0.25) is 0 Å². The fourth-order valence-electron chi connectivity index (χ4n) is 5.00. The van der Waals surface area contributed by atoms with Crippen molar-refractivity contribution in [2.24, 2.45) is 0 Å². The maximum atomic E-state index is 13.9. The molecular weight excluding hydrogens is 487 g/mol. The maximum Gasteiger partial charge on any atom is 0.329 e. The van der Waals surface area contributed by atoms with Crippen LogP contribution in [-0.2, 0) is 28.5 Å². The monoisotopic (exact) mass is 513 g/mol. The van der Waals surface area contributed by atoms with Crippen LogP contribution in [0.15, 0.2) is 18.3 Å². The number of carboxylic acid groups (broad SMARTS) is 1. The van der Waals surface area contributed by atoms with Crippen molar-refractivity contribution in [2.75, 3.05) is 19.8 Å². The Labute approximate surface area is 204 Å². The summed E-state index contributed by atoms with van der Waals surface area (Å²) < 4.78 is 72.9. The molecule has 2 aromatic rings. The van der Waals surface area contributed by atoms with E-state index in [1.54, 1.807) is 13.8 Å². The normalized spacial score (nSPS) is 31.8. The first-order valence-electron chi connectivity index (χ1n) is 11.6. The Bertz CT molecular complexity index is 1110. The van der Waals surface area contributed by atoms with Crippen molar-refractivity contribution < 1.29 is 46.8 Å². The maximum absolute atomic E-state index is 13.9. The summed E-state index contributed by atoms with van der Waals surface area (Å²) in [5.41, 5.74) is 0.0406. The van der Waals surface area contributed by atoms with Crippen LogP contribution in [-0.4, -0.2) is 75.8 Å². The first kappa shape index (κ1) is 25.1. The van der Waals surface area contributed by atoms with Crippen LogP contribution in [0.5, 0.6) is 0 Å². The number of ether oxygens (including phenoxy) is 5. The van der Waals surface area contributed by atoms with Crippen molar-refractivity contribution in [1.82, 2.24) is 15.0 Å². The first-order valence-corrected chi connectivity index (χ1v) is 11.6. The number of nitrogens with zero attached hydrogens (tertiary/aromatic N) is 3. The fourth-order valence-corrected chi connectivity index (χ4v) is 5.00. The number of rotatable bonds is 5. The average molecular weight is 513 g/mol. The Morgan fingerprint density at radius 1 is 1.19 bits per heavy atom. The minimum Gasteiger partial charge on any atom is -0.480 e. The van der Waals surface area contributed by atoms with E-state index >= 15 is 0 Å². The van der Waals surface area contributed by atoms with E-state index in [0.717, 1.165) is 25.0 Å². The van der Waals surface area contributed by atoms with Gasteiger partial charge in [0.05, 0.1) is 19.4 Å². The molecule has 0 amide bonds. The number of hydrogen-bond donors (Lipinski definition) is 1. The Kier molecular flexibility index (Phi) is 6.53. The molecule has 1 N–H and O–H groups in total. The molecule has 196 valence electrons. The highest BCUT2D eigenvalue weighted by atomic mass is 19.2. The zero-order chi connectivity index (χ0) is 25.7. The van der Waals surface area contributed by atoms with Crippen LogP contribution in [0.3, 0.4) is 0 Å². The molecule has 4 heterocycles. The molecule has 36 heavy (non-hydrogen) atoms. The number of aromatic nitrogens is 3. The van der Waals surface area contributed by atoms with Gasteiger partial charge in [-0.25, -0.2) is 22.6 Å².